The molecule has 3 rings (SSSR count). The lowest BCUT2D eigenvalue weighted by Crippen LogP contribution is -2.15. The fraction of sp³-hybridized carbons (Fsp3) is 0.150. The van der Waals surface area contributed by atoms with E-state index in [0.29, 0.717) is 17.2 Å². The Balaban J connectivity index is 1.92. The number of benzene rings is 3. The molecular formula is C20H18BrNO3. The molecule has 0 heterocycles. The summed E-state index contributed by atoms with van der Waals surface area (Å²) >= 11 is 3.48. The molecule has 0 fully saturated rings. The third kappa shape index (κ3) is 3.77. The molecular weight excluding hydrogens is 382 g/mol. The zero-order chi connectivity index (χ0) is 17.8. The van der Waals surface area contributed by atoms with Crippen molar-refractivity contribution in [2.75, 3.05) is 19.5 Å². The Kier molecular flexibility index (Phi) is 5.24. The molecule has 0 aromatic heterocycles. The number of para-hydroxylation sites is 2. The first-order valence-corrected chi connectivity index (χ1v) is 8.59. The number of ether oxygens (including phenoxy) is 2. The Labute approximate surface area is 154 Å². The van der Waals surface area contributed by atoms with Gasteiger partial charge in [0.05, 0.1) is 26.3 Å². The van der Waals surface area contributed by atoms with Crippen LogP contribution in [0.3, 0.4) is 0 Å². The van der Waals surface area contributed by atoms with Crippen LogP contribution in [0.4, 0.5) is 5.69 Å². The molecule has 1 amide bonds. The molecule has 0 bridgehead atoms. The SMILES string of the molecule is COc1ccccc1NC(=O)Cc1c(OC)ccc2cc(Br)ccc12. The van der Waals surface area contributed by atoms with Gasteiger partial charge in [0.25, 0.3) is 0 Å². The lowest BCUT2D eigenvalue weighted by Gasteiger charge is -2.14. The Morgan fingerprint density at radius 3 is 2.52 bits per heavy atom. The molecule has 0 saturated carbocycles. The average Bonchev–Trinajstić information content (AvgIpc) is 2.62. The second-order valence-electron chi connectivity index (χ2n) is 5.54. The second-order valence-corrected chi connectivity index (χ2v) is 6.45. The third-order valence-corrected chi connectivity index (χ3v) is 4.48. The van der Waals surface area contributed by atoms with Gasteiger partial charge >= 0.3 is 0 Å². The number of carbonyl (C=O) groups is 1. The maximum Gasteiger partial charge on any atom is 0.229 e. The minimum absolute atomic E-state index is 0.127. The molecule has 3 aromatic carbocycles. The van der Waals surface area contributed by atoms with Crippen LogP contribution in [-0.4, -0.2) is 20.1 Å². The van der Waals surface area contributed by atoms with E-state index in [-0.39, 0.29) is 12.3 Å². The summed E-state index contributed by atoms with van der Waals surface area (Å²) in [5.41, 5.74) is 1.51. The van der Waals surface area contributed by atoms with Crippen LogP contribution in [0, 0.1) is 0 Å². The summed E-state index contributed by atoms with van der Waals surface area (Å²) in [5.74, 6) is 1.20. The minimum Gasteiger partial charge on any atom is -0.496 e. The highest BCUT2D eigenvalue weighted by Gasteiger charge is 2.14. The number of methoxy groups -OCH3 is 2. The minimum atomic E-state index is -0.127. The predicted octanol–water partition coefficient (Wildman–Crippen LogP) is 4.80. The maximum atomic E-state index is 12.6. The number of nitrogens with one attached hydrogen (secondary N) is 1. The van der Waals surface area contributed by atoms with Gasteiger partial charge in [-0.15, -0.1) is 0 Å². The summed E-state index contributed by atoms with van der Waals surface area (Å²) < 4.78 is 11.7. The molecule has 0 aliphatic carbocycles. The van der Waals surface area contributed by atoms with Gasteiger partial charge < -0.3 is 14.8 Å². The van der Waals surface area contributed by atoms with Gasteiger partial charge in [0, 0.05) is 10.0 Å². The Morgan fingerprint density at radius 1 is 1.00 bits per heavy atom. The quantitative estimate of drug-likeness (QED) is 0.669. The maximum absolute atomic E-state index is 12.6. The van der Waals surface area contributed by atoms with Crippen LogP contribution >= 0.6 is 15.9 Å². The van der Waals surface area contributed by atoms with E-state index in [2.05, 4.69) is 21.2 Å². The van der Waals surface area contributed by atoms with Crippen molar-refractivity contribution < 1.29 is 14.3 Å². The second kappa shape index (κ2) is 7.57. The summed E-state index contributed by atoms with van der Waals surface area (Å²) in [7, 11) is 3.19. The van der Waals surface area contributed by atoms with Gasteiger partial charge in [0.15, 0.2) is 0 Å². The van der Waals surface area contributed by atoms with Crippen LogP contribution in [0.15, 0.2) is 59.1 Å². The Morgan fingerprint density at radius 2 is 1.76 bits per heavy atom. The van der Waals surface area contributed by atoms with Crippen LogP contribution in [0.1, 0.15) is 5.56 Å². The van der Waals surface area contributed by atoms with E-state index in [4.69, 9.17) is 9.47 Å². The van der Waals surface area contributed by atoms with Crippen LogP contribution in [-0.2, 0) is 11.2 Å². The zero-order valence-corrected chi connectivity index (χ0v) is 15.6. The first kappa shape index (κ1) is 17.3. The number of anilines is 1. The van der Waals surface area contributed by atoms with Gasteiger partial charge in [0.1, 0.15) is 11.5 Å². The fourth-order valence-corrected chi connectivity index (χ4v) is 3.20. The summed E-state index contributed by atoms with van der Waals surface area (Å²) in [6, 6.07) is 17.2. The number of rotatable bonds is 5. The van der Waals surface area contributed by atoms with Crippen LogP contribution in [0.5, 0.6) is 11.5 Å². The molecule has 1 N–H and O–H groups in total. The molecule has 0 unspecified atom stereocenters. The van der Waals surface area contributed by atoms with Crippen molar-refractivity contribution >= 4 is 38.3 Å². The highest BCUT2D eigenvalue weighted by Crippen LogP contribution is 2.31. The van der Waals surface area contributed by atoms with Gasteiger partial charge in [-0.1, -0.05) is 40.2 Å². The van der Waals surface area contributed by atoms with Crippen molar-refractivity contribution in [3.63, 3.8) is 0 Å². The van der Waals surface area contributed by atoms with Crippen LogP contribution in [0.25, 0.3) is 10.8 Å². The predicted molar refractivity (Wildman–Crippen MR) is 104 cm³/mol. The average molecular weight is 400 g/mol. The summed E-state index contributed by atoms with van der Waals surface area (Å²) in [4.78, 5) is 12.6. The number of amides is 1. The summed E-state index contributed by atoms with van der Waals surface area (Å²) in [6.07, 6.45) is 0.209. The number of fused-ring (bicyclic) bond motifs is 1. The highest BCUT2D eigenvalue weighted by atomic mass is 79.9. The van der Waals surface area contributed by atoms with Gasteiger partial charge in [0.2, 0.25) is 5.91 Å². The molecule has 0 aliphatic heterocycles. The normalized spacial score (nSPS) is 10.5. The third-order valence-electron chi connectivity index (χ3n) is 3.99. The van der Waals surface area contributed by atoms with E-state index in [1.807, 2.05) is 54.6 Å². The molecule has 0 spiro atoms. The summed E-state index contributed by atoms with van der Waals surface area (Å²) in [6.45, 7) is 0. The zero-order valence-electron chi connectivity index (χ0n) is 14.0. The van der Waals surface area contributed by atoms with E-state index in [1.54, 1.807) is 14.2 Å². The first-order chi connectivity index (χ1) is 12.1. The van der Waals surface area contributed by atoms with Crippen LogP contribution < -0.4 is 14.8 Å². The molecule has 25 heavy (non-hydrogen) atoms. The van der Waals surface area contributed by atoms with Crippen molar-refractivity contribution in [1.29, 1.82) is 0 Å². The van der Waals surface area contributed by atoms with Gasteiger partial charge in [-0.05, 0) is 41.1 Å². The van der Waals surface area contributed by atoms with Crippen LogP contribution in [0.2, 0.25) is 0 Å². The molecule has 5 heteroatoms. The van der Waals surface area contributed by atoms with Crippen molar-refractivity contribution in [3.8, 4) is 11.5 Å². The van der Waals surface area contributed by atoms with E-state index >= 15 is 0 Å². The van der Waals surface area contributed by atoms with E-state index in [9.17, 15) is 4.79 Å². The van der Waals surface area contributed by atoms with Crippen molar-refractivity contribution in [2.24, 2.45) is 0 Å². The number of carbonyl (C=O) groups excluding carboxylic acids is 1. The monoisotopic (exact) mass is 399 g/mol. The van der Waals surface area contributed by atoms with E-state index in [1.165, 1.54) is 0 Å². The lowest BCUT2D eigenvalue weighted by molar-refractivity contribution is -0.115. The molecule has 0 saturated heterocycles. The molecule has 3 aromatic rings. The van der Waals surface area contributed by atoms with Gasteiger partial charge in [-0.25, -0.2) is 0 Å². The first-order valence-electron chi connectivity index (χ1n) is 7.80. The molecule has 4 nitrogen and oxygen atoms in total. The van der Waals surface area contributed by atoms with E-state index in [0.717, 1.165) is 20.8 Å². The van der Waals surface area contributed by atoms with Crippen molar-refractivity contribution in [2.45, 2.75) is 6.42 Å². The molecule has 0 aliphatic rings. The number of halogens is 1. The molecule has 128 valence electrons. The lowest BCUT2D eigenvalue weighted by atomic mass is 10.0. The number of hydrogen-bond donors (Lipinski definition) is 1. The fourth-order valence-electron chi connectivity index (χ4n) is 2.82. The number of hydrogen-bond acceptors (Lipinski definition) is 3. The molecule has 0 radical (unpaired) electrons. The molecule has 0 atom stereocenters. The Hall–Kier alpha value is -2.53. The highest BCUT2D eigenvalue weighted by molar-refractivity contribution is 9.10. The van der Waals surface area contributed by atoms with Crippen molar-refractivity contribution in [1.82, 2.24) is 0 Å². The smallest absolute Gasteiger partial charge is 0.229 e. The topological polar surface area (TPSA) is 47.6 Å². The standard InChI is InChI=1S/C20H18BrNO3/c1-24-18-10-7-13-11-14(21)8-9-15(13)16(18)12-20(23)22-17-5-3-4-6-19(17)25-2/h3-11H,12H2,1-2H3,(H,22,23). The summed E-state index contributed by atoms with van der Waals surface area (Å²) in [5, 5.41) is 4.96. The Bertz CT molecular complexity index is 924. The van der Waals surface area contributed by atoms with Gasteiger partial charge in [-0.3, -0.25) is 4.79 Å². The van der Waals surface area contributed by atoms with Crippen molar-refractivity contribution in [3.05, 3.63) is 64.6 Å². The largest absolute Gasteiger partial charge is 0.496 e. The van der Waals surface area contributed by atoms with E-state index < -0.39 is 0 Å². The van der Waals surface area contributed by atoms with Gasteiger partial charge in [-0.2, -0.15) is 0 Å².